The van der Waals surface area contributed by atoms with E-state index in [1.165, 1.54) is 16.2 Å². The molecule has 0 heterocycles. The number of benzene rings is 4. The normalized spacial score (nSPS) is 10.8. The molecule has 4 aromatic carbocycles. The van der Waals surface area contributed by atoms with Crippen LogP contribution >= 0.6 is 11.6 Å². The molecule has 0 aliphatic carbocycles. The average molecular weight is 314 g/mol. The summed E-state index contributed by atoms with van der Waals surface area (Å²) in [5.74, 6) is 0. The number of rotatable bonds is 1. The largest absolute Gasteiger partial charge is 0.192 e. The van der Waals surface area contributed by atoms with Gasteiger partial charge in [0.15, 0.2) is 0 Å². The predicted molar refractivity (Wildman–Crippen MR) is 96.6 cm³/mol. The van der Waals surface area contributed by atoms with E-state index in [4.69, 9.17) is 11.6 Å². The van der Waals surface area contributed by atoms with E-state index in [9.17, 15) is 5.26 Å². The van der Waals surface area contributed by atoms with Gasteiger partial charge in [-0.15, -0.1) is 0 Å². The minimum Gasteiger partial charge on any atom is -0.192 e. The van der Waals surface area contributed by atoms with Crippen molar-refractivity contribution >= 4 is 33.1 Å². The maximum absolute atomic E-state index is 9.48. The van der Waals surface area contributed by atoms with Crippen LogP contribution in [0.5, 0.6) is 0 Å². The Labute approximate surface area is 139 Å². The average Bonchev–Trinajstić information content (AvgIpc) is 2.61. The quantitative estimate of drug-likeness (QED) is 0.385. The Bertz CT molecular complexity index is 1090. The molecule has 2 heteroatoms. The van der Waals surface area contributed by atoms with Crippen LogP contribution in [0.25, 0.3) is 32.7 Å². The van der Waals surface area contributed by atoms with E-state index in [2.05, 4.69) is 42.5 Å². The third kappa shape index (κ3) is 2.25. The number of fused-ring (bicyclic) bond motifs is 3. The summed E-state index contributed by atoms with van der Waals surface area (Å²) in [6, 6.07) is 26.5. The second kappa shape index (κ2) is 5.43. The summed E-state index contributed by atoms with van der Waals surface area (Å²) in [5.41, 5.74) is 2.57. The van der Waals surface area contributed by atoms with Gasteiger partial charge in [-0.25, -0.2) is 0 Å². The highest BCUT2D eigenvalue weighted by molar-refractivity contribution is 6.30. The second-order valence-corrected chi connectivity index (χ2v) is 5.93. The van der Waals surface area contributed by atoms with Crippen molar-refractivity contribution in [2.75, 3.05) is 0 Å². The summed E-state index contributed by atoms with van der Waals surface area (Å²) >= 11 is 6.05. The Morgan fingerprint density at radius 2 is 1.39 bits per heavy atom. The molecule has 108 valence electrons. The van der Waals surface area contributed by atoms with Crippen molar-refractivity contribution in [3.8, 4) is 17.2 Å². The summed E-state index contributed by atoms with van der Waals surface area (Å²) in [6.07, 6.45) is 0. The van der Waals surface area contributed by atoms with E-state index in [1.54, 1.807) is 6.07 Å². The van der Waals surface area contributed by atoms with Crippen molar-refractivity contribution in [1.82, 2.24) is 0 Å². The second-order valence-electron chi connectivity index (χ2n) is 5.49. The van der Waals surface area contributed by atoms with Crippen LogP contribution in [0.2, 0.25) is 5.02 Å². The van der Waals surface area contributed by atoms with Crippen LogP contribution in [-0.4, -0.2) is 0 Å². The Morgan fingerprint density at radius 1 is 0.696 bits per heavy atom. The molecule has 0 aliphatic rings. The van der Waals surface area contributed by atoms with Gasteiger partial charge in [-0.3, -0.25) is 0 Å². The van der Waals surface area contributed by atoms with Crippen LogP contribution in [-0.2, 0) is 0 Å². The molecule has 0 aliphatic heterocycles. The highest BCUT2D eigenvalue weighted by atomic mass is 35.5. The Hall–Kier alpha value is -2.82. The molecule has 1 nitrogen and oxygen atoms in total. The van der Waals surface area contributed by atoms with Crippen LogP contribution in [0.1, 0.15) is 5.56 Å². The molecule has 0 atom stereocenters. The van der Waals surface area contributed by atoms with Crippen molar-refractivity contribution in [2.45, 2.75) is 0 Å². The van der Waals surface area contributed by atoms with E-state index in [0.29, 0.717) is 10.6 Å². The molecule has 0 fully saturated rings. The fourth-order valence-electron chi connectivity index (χ4n) is 3.12. The first kappa shape index (κ1) is 13.8. The molecule has 0 spiro atoms. The summed E-state index contributed by atoms with van der Waals surface area (Å²) < 4.78 is 0. The van der Waals surface area contributed by atoms with Gasteiger partial charge in [0, 0.05) is 10.6 Å². The van der Waals surface area contributed by atoms with E-state index >= 15 is 0 Å². The third-order valence-electron chi connectivity index (χ3n) is 4.16. The van der Waals surface area contributed by atoms with E-state index in [0.717, 1.165) is 16.5 Å². The van der Waals surface area contributed by atoms with E-state index in [1.807, 2.05) is 30.3 Å². The van der Waals surface area contributed by atoms with Crippen LogP contribution in [0, 0.1) is 11.3 Å². The molecule has 0 radical (unpaired) electrons. The first-order valence-electron chi connectivity index (χ1n) is 7.38. The minimum atomic E-state index is 0.579. The smallest absolute Gasteiger partial charge is 0.0998 e. The fraction of sp³-hybridized carbons (Fsp3) is 0. The topological polar surface area (TPSA) is 23.8 Å². The lowest BCUT2D eigenvalue weighted by molar-refractivity contribution is 1.48. The Balaban J connectivity index is 2.17. The summed E-state index contributed by atoms with van der Waals surface area (Å²) in [7, 11) is 0. The first-order valence-corrected chi connectivity index (χ1v) is 7.76. The molecule has 0 N–H and O–H groups in total. The summed E-state index contributed by atoms with van der Waals surface area (Å²) in [4.78, 5) is 0. The van der Waals surface area contributed by atoms with Gasteiger partial charge in [0.25, 0.3) is 0 Å². The van der Waals surface area contributed by atoms with Crippen LogP contribution in [0.3, 0.4) is 0 Å². The molecule has 4 rings (SSSR count). The SMILES string of the molecule is N#Cc1cc(Cl)ccc1-c1cc2ccccc2c2ccccc12. The molecule has 0 amide bonds. The van der Waals surface area contributed by atoms with Crippen LogP contribution in [0.15, 0.2) is 72.8 Å². The van der Waals surface area contributed by atoms with Gasteiger partial charge < -0.3 is 0 Å². The number of nitrogens with zero attached hydrogens (tertiary/aromatic N) is 1. The molecule has 0 aromatic heterocycles. The number of hydrogen-bond acceptors (Lipinski definition) is 1. The zero-order valence-electron chi connectivity index (χ0n) is 12.3. The highest BCUT2D eigenvalue weighted by Crippen LogP contribution is 2.36. The van der Waals surface area contributed by atoms with Gasteiger partial charge in [-0.1, -0.05) is 66.2 Å². The monoisotopic (exact) mass is 313 g/mol. The lowest BCUT2D eigenvalue weighted by atomic mass is 9.91. The molecule has 0 unspecified atom stereocenters. The Kier molecular flexibility index (Phi) is 3.26. The van der Waals surface area contributed by atoms with Crippen molar-refractivity contribution < 1.29 is 0 Å². The zero-order valence-corrected chi connectivity index (χ0v) is 13.0. The van der Waals surface area contributed by atoms with Crippen molar-refractivity contribution in [2.24, 2.45) is 0 Å². The molecule has 0 bridgehead atoms. The minimum absolute atomic E-state index is 0.579. The third-order valence-corrected chi connectivity index (χ3v) is 4.40. The predicted octanol–water partition coefficient (Wildman–Crippen LogP) is 6.19. The van der Waals surface area contributed by atoms with Gasteiger partial charge in [0.2, 0.25) is 0 Å². The van der Waals surface area contributed by atoms with Gasteiger partial charge in [-0.2, -0.15) is 5.26 Å². The van der Waals surface area contributed by atoms with Crippen molar-refractivity contribution in [1.29, 1.82) is 5.26 Å². The number of nitriles is 1. The van der Waals surface area contributed by atoms with Crippen molar-refractivity contribution in [3.05, 3.63) is 83.4 Å². The van der Waals surface area contributed by atoms with Gasteiger partial charge in [-0.05, 0) is 45.3 Å². The molecule has 23 heavy (non-hydrogen) atoms. The molecule has 4 aromatic rings. The fourth-order valence-corrected chi connectivity index (χ4v) is 3.29. The van der Waals surface area contributed by atoms with Gasteiger partial charge in [0.1, 0.15) is 0 Å². The molecular weight excluding hydrogens is 302 g/mol. The van der Waals surface area contributed by atoms with E-state index < -0.39 is 0 Å². The van der Waals surface area contributed by atoms with Crippen molar-refractivity contribution in [3.63, 3.8) is 0 Å². The zero-order chi connectivity index (χ0) is 15.8. The number of halogens is 1. The maximum Gasteiger partial charge on any atom is 0.0998 e. The first-order chi connectivity index (χ1) is 11.3. The van der Waals surface area contributed by atoms with Gasteiger partial charge in [0.05, 0.1) is 11.6 Å². The summed E-state index contributed by atoms with van der Waals surface area (Å²) in [6.45, 7) is 0. The molecule has 0 saturated heterocycles. The lowest BCUT2D eigenvalue weighted by Crippen LogP contribution is -1.88. The highest BCUT2D eigenvalue weighted by Gasteiger charge is 2.11. The molecular formula is C21H12ClN. The standard InChI is InChI=1S/C21H12ClN/c22-16-9-10-18(15(11-16)13-23)21-12-14-5-1-2-6-17(14)19-7-3-4-8-20(19)21/h1-12H. The maximum atomic E-state index is 9.48. The van der Waals surface area contributed by atoms with E-state index in [-0.39, 0.29) is 0 Å². The lowest BCUT2D eigenvalue weighted by Gasteiger charge is -2.12. The van der Waals surface area contributed by atoms with Gasteiger partial charge >= 0.3 is 0 Å². The van der Waals surface area contributed by atoms with Crippen LogP contribution in [0.4, 0.5) is 0 Å². The Morgan fingerprint density at radius 3 is 2.17 bits per heavy atom. The van der Waals surface area contributed by atoms with Crippen LogP contribution < -0.4 is 0 Å². The number of hydrogen-bond donors (Lipinski definition) is 0. The molecule has 0 saturated carbocycles. The summed E-state index contributed by atoms with van der Waals surface area (Å²) in [5, 5.41) is 14.8.